The van der Waals surface area contributed by atoms with Crippen LogP contribution in [0.5, 0.6) is 0 Å². The standard InChI is InChI=1S/C75H135NO13/c1-3-5-7-9-11-13-15-17-19-21-23-25-27-28-29-30-31-32-33-34-35-37-38-40-42-44-46-48-50-52-54-56-58-64(79)63(62-86-74-72(85)70(83)73(66(61-78)88-74)89-75-71(84)69(82)68(81)65(60-77)87-75)76-67(80)59-57-55-53-51-49-47-45-43-41-39-36-26-24-22-20-18-16-14-12-10-8-6-4-2/h6,8,12,14,18,20,24,26,39,41,45,47,63-66,68-75,77-79,81-85H,3-5,7,9-11,13,15-17,19,21-23,25,27-38,40,42-44,46,48-62H2,1-2H3,(H,76,80)/b8-6-,14-12-,20-18-,26-24-,41-39-,47-45-. The van der Waals surface area contributed by atoms with Crippen molar-refractivity contribution in [3.63, 3.8) is 0 Å². The van der Waals surface area contributed by atoms with E-state index in [2.05, 4.69) is 92.1 Å². The van der Waals surface area contributed by atoms with Gasteiger partial charge < -0.3 is 65.1 Å². The van der Waals surface area contributed by atoms with Crippen LogP contribution < -0.4 is 5.32 Å². The fourth-order valence-corrected chi connectivity index (χ4v) is 11.9. The Bertz CT molecular complexity index is 1770. The van der Waals surface area contributed by atoms with Crippen molar-refractivity contribution in [3.8, 4) is 0 Å². The molecule has 0 spiro atoms. The van der Waals surface area contributed by atoms with Crippen LogP contribution >= 0.6 is 0 Å². The van der Waals surface area contributed by atoms with Crippen molar-refractivity contribution in [1.82, 2.24) is 5.32 Å². The molecule has 518 valence electrons. The largest absolute Gasteiger partial charge is 0.394 e. The molecule has 0 aromatic rings. The summed E-state index contributed by atoms with van der Waals surface area (Å²) in [6.07, 6.45) is 63.6. The highest BCUT2D eigenvalue weighted by molar-refractivity contribution is 5.76. The first-order valence-electron chi connectivity index (χ1n) is 36.7. The molecule has 2 saturated heterocycles. The normalized spacial score (nSPS) is 23.4. The summed E-state index contributed by atoms with van der Waals surface area (Å²) in [5.41, 5.74) is 0. The van der Waals surface area contributed by atoms with Crippen molar-refractivity contribution in [1.29, 1.82) is 0 Å². The first-order valence-corrected chi connectivity index (χ1v) is 36.7. The highest BCUT2D eigenvalue weighted by atomic mass is 16.7. The van der Waals surface area contributed by atoms with Gasteiger partial charge in [-0.25, -0.2) is 0 Å². The molecule has 12 unspecified atom stereocenters. The zero-order chi connectivity index (χ0) is 64.5. The summed E-state index contributed by atoms with van der Waals surface area (Å²) in [5, 5.41) is 87.7. The molecule has 2 rings (SSSR count). The van der Waals surface area contributed by atoms with Crippen LogP contribution in [-0.4, -0.2) is 140 Å². The predicted octanol–water partition coefficient (Wildman–Crippen LogP) is 15.4. The molecule has 2 fully saturated rings. The molecule has 12 atom stereocenters. The summed E-state index contributed by atoms with van der Waals surface area (Å²) in [6, 6.07) is -0.849. The van der Waals surface area contributed by atoms with E-state index in [4.69, 9.17) is 18.9 Å². The van der Waals surface area contributed by atoms with Gasteiger partial charge >= 0.3 is 0 Å². The molecule has 1 amide bonds. The molecular weight excluding hydrogens is 1120 g/mol. The molecule has 14 nitrogen and oxygen atoms in total. The fraction of sp³-hybridized carbons (Fsp3) is 0.827. The second kappa shape index (κ2) is 59.2. The molecule has 2 aliphatic rings. The summed E-state index contributed by atoms with van der Waals surface area (Å²) >= 11 is 0. The number of aliphatic hydroxyl groups excluding tert-OH is 8. The van der Waals surface area contributed by atoms with E-state index in [1.165, 1.54) is 180 Å². The number of hydrogen-bond acceptors (Lipinski definition) is 13. The highest BCUT2D eigenvalue weighted by Crippen LogP contribution is 2.30. The van der Waals surface area contributed by atoms with Gasteiger partial charge in [0.1, 0.15) is 48.8 Å². The molecule has 0 saturated carbocycles. The first-order chi connectivity index (χ1) is 43.6. The lowest BCUT2D eigenvalue weighted by atomic mass is 9.97. The summed E-state index contributed by atoms with van der Waals surface area (Å²) in [5.74, 6) is -0.230. The molecule has 0 aliphatic carbocycles. The minimum absolute atomic E-state index is 0.230. The van der Waals surface area contributed by atoms with Crippen LogP contribution in [0.1, 0.15) is 303 Å². The third-order valence-electron chi connectivity index (χ3n) is 17.7. The summed E-state index contributed by atoms with van der Waals surface area (Å²) in [7, 11) is 0. The summed E-state index contributed by atoms with van der Waals surface area (Å²) in [6.45, 7) is 2.76. The minimum Gasteiger partial charge on any atom is -0.394 e. The van der Waals surface area contributed by atoms with Crippen molar-refractivity contribution in [2.45, 2.75) is 376 Å². The Hall–Kier alpha value is -2.57. The number of unbranched alkanes of at least 4 members (excludes halogenated alkanes) is 35. The maximum Gasteiger partial charge on any atom is 0.220 e. The molecule has 0 radical (unpaired) electrons. The quantitative estimate of drug-likeness (QED) is 0.0204. The second-order valence-corrected chi connectivity index (χ2v) is 25.7. The van der Waals surface area contributed by atoms with E-state index in [1.54, 1.807) is 0 Å². The Kier molecular flexibility index (Phi) is 54.9. The third-order valence-corrected chi connectivity index (χ3v) is 17.7. The van der Waals surface area contributed by atoms with E-state index in [1.807, 2.05) is 0 Å². The molecular formula is C75H135NO13. The zero-order valence-corrected chi connectivity index (χ0v) is 56.4. The molecule has 9 N–H and O–H groups in total. The smallest absolute Gasteiger partial charge is 0.220 e. The van der Waals surface area contributed by atoms with E-state index in [0.717, 1.165) is 89.9 Å². The Labute approximate surface area is 542 Å². The molecule has 14 heteroatoms. The molecule has 0 bridgehead atoms. The molecule has 2 heterocycles. The van der Waals surface area contributed by atoms with Gasteiger partial charge in [0.15, 0.2) is 12.6 Å². The van der Waals surface area contributed by atoms with Crippen LogP contribution in [0, 0.1) is 0 Å². The first kappa shape index (κ1) is 82.5. The Morgan fingerprint density at radius 3 is 1.19 bits per heavy atom. The van der Waals surface area contributed by atoms with Crippen LogP contribution in [0.25, 0.3) is 0 Å². The maximum atomic E-state index is 13.3. The van der Waals surface area contributed by atoms with Crippen molar-refractivity contribution in [2.75, 3.05) is 19.8 Å². The average Bonchev–Trinajstić information content (AvgIpc) is 3.63. The number of allylic oxidation sites excluding steroid dienone is 12. The maximum absolute atomic E-state index is 13.3. The summed E-state index contributed by atoms with van der Waals surface area (Å²) in [4.78, 5) is 13.3. The van der Waals surface area contributed by atoms with E-state index < -0.39 is 86.8 Å². The minimum atomic E-state index is -1.79. The highest BCUT2D eigenvalue weighted by Gasteiger charge is 2.51. The SMILES string of the molecule is CC/C=C\C/C=C\C/C=C\C/C=C\C/C=C\C/C=C\CCCCCCC(=O)NC(COC1OC(CO)C(OC2OC(CO)C(O)C(O)C2O)C(O)C1O)C(O)CCCCCCCCCCCCCCCCCCCCCCCCCCCCCCCCCC. The molecule has 89 heavy (non-hydrogen) atoms. The number of rotatable bonds is 60. The van der Waals surface area contributed by atoms with Crippen molar-refractivity contribution < 1.29 is 64.6 Å². The van der Waals surface area contributed by atoms with Gasteiger partial charge in [0, 0.05) is 6.42 Å². The van der Waals surface area contributed by atoms with Crippen molar-refractivity contribution in [3.05, 3.63) is 72.9 Å². The van der Waals surface area contributed by atoms with Gasteiger partial charge in [-0.05, 0) is 64.2 Å². The Balaban J connectivity index is 1.65. The van der Waals surface area contributed by atoms with Crippen LogP contribution in [0.4, 0.5) is 0 Å². The van der Waals surface area contributed by atoms with Gasteiger partial charge in [-0.1, -0.05) is 305 Å². The van der Waals surface area contributed by atoms with Crippen LogP contribution in [0.15, 0.2) is 72.9 Å². The molecule has 2 aliphatic heterocycles. The number of ether oxygens (including phenoxy) is 4. The van der Waals surface area contributed by atoms with E-state index >= 15 is 0 Å². The number of amides is 1. The third kappa shape index (κ3) is 43.1. The topological polar surface area (TPSA) is 228 Å². The summed E-state index contributed by atoms with van der Waals surface area (Å²) < 4.78 is 22.9. The van der Waals surface area contributed by atoms with Gasteiger partial charge in [-0.15, -0.1) is 0 Å². The lowest BCUT2D eigenvalue weighted by Crippen LogP contribution is -2.65. The predicted molar refractivity (Wildman–Crippen MR) is 364 cm³/mol. The molecule has 0 aromatic carbocycles. The Morgan fingerprint density at radius 2 is 0.775 bits per heavy atom. The van der Waals surface area contributed by atoms with Crippen LogP contribution in [-0.2, 0) is 23.7 Å². The van der Waals surface area contributed by atoms with Gasteiger partial charge in [-0.2, -0.15) is 0 Å². The Morgan fingerprint density at radius 1 is 0.416 bits per heavy atom. The van der Waals surface area contributed by atoms with Gasteiger partial charge in [0.2, 0.25) is 5.91 Å². The van der Waals surface area contributed by atoms with Crippen LogP contribution in [0.2, 0.25) is 0 Å². The number of aliphatic hydroxyl groups is 8. The van der Waals surface area contributed by atoms with Crippen LogP contribution in [0.3, 0.4) is 0 Å². The van der Waals surface area contributed by atoms with Gasteiger partial charge in [0.25, 0.3) is 0 Å². The van der Waals surface area contributed by atoms with E-state index in [-0.39, 0.29) is 18.9 Å². The van der Waals surface area contributed by atoms with Crippen molar-refractivity contribution in [2.24, 2.45) is 0 Å². The monoisotopic (exact) mass is 1260 g/mol. The van der Waals surface area contributed by atoms with E-state index in [9.17, 15) is 45.6 Å². The second-order valence-electron chi connectivity index (χ2n) is 25.7. The fourth-order valence-electron chi connectivity index (χ4n) is 11.9. The van der Waals surface area contributed by atoms with Gasteiger partial charge in [0.05, 0.1) is 32.0 Å². The molecule has 0 aromatic heterocycles. The lowest BCUT2D eigenvalue weighted by molar-refractivity contribution is -0.359. The van der Waals surface area contributed by atoms with E-state index in [0.29, 0.717) is 12.8 Å². The number of carbonyl (C=O) groups excluding carboxylic acids is 1. The zero-order valence-electron chi connectivity index (χ0n) is 56.4. The van der Waals surface area contributed by atoms with Gasteiger partial charge in [-0.3, -0.25) is 4.79 Å². The van der Waals surface area contributed by atoms with Crippen molar-refractivity contribution >= 4 is 5.91 Å². The average molecular weight is 1260 g/mol. The lowest BCUT2D eigenvalue weighted by Gasteiger charge is -2.46. The number of nitrogens with one attached hydrogen (secondary N) is 1. The number of hydrogen-bond donors (Lipinski definition) is 9. The number of carbonyl (C=O) groups is 1.